The molecule has 0 radical (unpaired) electrons. The molecule has 80 valence electrons. The monoisotopic (exact) mass is 222 g/mol. The minimum Gasteiger partial charge on any atom is -0.469 e. The molecule has 8 heteroatoms. The summed E-state index contributed by atoms with van der Waals surface area (Å²) >= 11 is 0. The number of methoxy groups -OCH3 is 1. The zero-order valence-corrected chi connectivity index (χ0v) is 8.50. The van der Waals surface area contributed by atoms with E-state index in [0.29, 0.717) is 4.31 Å². The molecule has 1 heterocycles. The summed E-state index contributed by atoms with van der Waals surface area (Å²) in [6.45, 7) is 0. The molecular weight excluding hydrogens is 212 g/mol. The summed E-state index contributed by atoms with van der Waals surface area (Å²) < 4.78 is 29.1. The first kappa shape index (κ1) is 10.9. The molecule has 0 saturated carbocycles. The van der Waals surface area contributed by atoms with Crippen LogP contribution in [0.15, 0.2) is 0 Å². The first-order valence-electron chi connectivity index (χ1n) is 3.75. The van der Waals surface area contributed by atoms with Gasteiger partial charge in [-0.2, -0.15) is 13.1 Å². The average Bonchev–Trinajstić information content (AvgIpc) is 2.30. The minimum absolute atomic E-state index is 0.293. The van der Waals surface area contributed by atoms with Crippen molar-refractivity contribution in [3.8, 4) is 0 Å². The molecule has 1 amide bonds. The van der Waals surface area contributed by atoms with E-state index in [1.807, 2.05) is 4.72 Å². The van der Waals surface area contributed by atoms with Crippen molar-refractivity contribution in [3.63, 3.8) is 0 Å². The average molecular weight is 222 g/mol. The number of hydrogen-bond acceptors (Lipinski definition) is 5. The van der Waals surface area contributed by atoms with Crippen molar-refractivity contribution in [2.45, 2.75) is 12.5 Å². The van der Waals surface area contributed by atoms with Gasteiger partial charge in [0.25, 0.3) is 5.91 Å². The Balaban J connectivity index is 2.77. The smallest absolute Gasteiger partial charge is 0.307 e. The van der Waals surface area contributed by atoms with Crippen molar-refractivity contribution in [1.82, 2.24) is 9.03 Å². The Labute approximate surface area is 81.2 Å². The van der Waals surface area contributed by atoms with Crippen molar-refractivity contribution in [1.29, 1.82) is 0 Å². The SMILES string of the molecule is COC(=O)C[C@@H]1NS(=O)(=O)N(C)C1=O. The minimum atomic E-state index is -3.75. The fraction of sp³-hybridized carbons (Fsp3) is 0.667. The predicted molar refractivity (Wildman–Crippen MR) is 45.2 cm³/mol. The first-order chi connectivity index (χ1) is 6.38. The molecule has 0 aromatic heterocycles. The number of esters is 1. The number of carbonyl (C=O) groups excluding carboxylic acids is 2. The Morgan fingerprint density at radius 1 is 1.64 bits per heavy atom. The van der Waals surface area contributed by atoms with Gasteiger partial charge in [0, 0.05) is 7.05 Å². The van der Waals surface area contributed by atoms with Crippen molar-refractivity contribution in [2.24, 2.45) is 0 Å². The molecule has 1 aliphatic heterocycles. The Hall–Kier alpha value is -1.15. The predicted octanol–water partition coefficient (Wildman–Crippen LogP) is -1.78. The van der Waals surface area contributed by atoms with E-state index in [4.69, 9.17) is 0 Å². The second kappa shape index (κ2) is 3.54. The van der Waals surface area contributed by atoms with E-state index in [2.05, 4.69) is 4.74 Å². The summed E-state index contributed by atoms with van der Waals surface area (Å²) in [4.78, 5) is 22.1. The molecular formula is C6H10N2O5S. The molecule has 14 heavy (non-hydrogen) atoms. The molecule has 0 bridgehead atoms. The third-order valence-corrected chi connectivity index (χ3v) is 3.34. The topological polar surface area (TPSA) is 92.8 Å². The molecule has 0 aliphatic carbocycles. The van der Waals surface area contributed by atoms with E-state index >= 15 is 0 Å². The van der Waals surface area contributed by atoms with E-state index in [-0.39, 0.29) is 6.42 Å². The number of hydrogen-bond donors (Lipinski definition) is 1. The Kier molecular flexibility index (Phi) is 2.76. The Bertz CT molecular complexity index is 362. The lowest BCUT2D eigenvalue weighted by atomic mass is 10.2. The van der Waals surface area contributed by atoms with Crippen LogP contribution in [0.1, 0.15) is 6.42 Å². The molecule has 0 aromatic rings. The lowest BCUT2D eigenvalue weighted by Crippen LogP contribution is -2.32. The van der Waals surface area contributed by atoms with E-state index in [9.17, 15) is 18.0 Å². The van der Waals surface area contributed by atoms with E-state index in [1.54, 1.807) is 0 Å². The zero-order chi connectivity index (χ0) is 10.9. The summed E-state index contributed by atoms with van der Waals surface area (Å²) in [6.07, 6.45) is -0.293. The standard InChI is InChI=1S/C6H10N2O5S/c1-8-6(10)4(3-5(9)13-2)7-14(8,11)12/h4,7H,3H2,1-2H3/t4-/m0/s1. The van der Waals surface area contributed by atoms with Crippen LogP contribution in [0.3, 0.4) is 0 Å². The van der Waals surface area contributed by atoms with E-state index in [0.717, 1.165) is 7.05 Å². The molecule has 0 aromatic carbocycles. The summed E-state index contributed by atoms with van der Waals surface area (Å²) in [6, 6.07) is -1.04. The van der Waals surface area contributed by atoms with Gasteiger partial charge < -0.3 is 4.74 Å². The largest absolute Gasteiger partial charge is 0.469 e. The first-order valence-corrected chi connectivity index (χ1v) is 5.19. The van der Waals surface area contributed by atoms with Crippen LogP contribution in [0.5, 0.6) is 0 Å². The maximum atomic E-state index is 11.2. The van der Waals surface area contributed by atoms with Crippen LogP contribution in [0, 0.1) is 0 Å². The van der Waals surface area contributed by atoms with Gasteiger partial charge in [0.15, 0.2) is 0 Å². The van der Waals surface area contributed by atoms with Gasteiger partial charge in [-0.05, 0) is 0 Å². The van der Waals surface area contributed by atoms with Crippen LogP contribution in [-0.4, -0.2) is 44.8 Å². The van der Waals surface area contributed by atoms with Crippen LogP contribution >= 0.6 is 0 Å². The van der Waals surface area contributed by atoms with E-state index < -0.39 is 28.1 Å². The van der Waals surface area contributed by atoms with Gasteiger partial charge >= 0.3 is 16.2 Å². The van der Waals surface area contributed by atoms with Gasteiger partial charge in [-0.1, -0.05) is 0 Å². The fourth-order valence-electron chi connectivity index (χ4n) is 1.03. The van der Waals surface area contributed by atoms with Crippen LogP contribution < -0.4 is 4.72 Å². The van der Waals surface area contributed by atoms with Crippen LogP contribution in [-0.2, 0) is 24.5 Å². The molecule has 7 nitrogen and oxygen atoms in total. The molecule has 1 atom stereocenters. The molecule has 0 unspecified atom stereocenters. The lowest BCUT2D eigenvalue weighted by molar-refractivity contribution is -0.143. The highest BCUT2D eigenvalue weighted by molar-refractivity contribution is 7.88. The maximum Gasteiger partial charge on any atom is 0.307 e. The van der Waals surface area contributed by atoms with Crippen LogP contribution in [0.25, 0.3) is 0 Å². The van der Waals surface area contributed by atoms with Gasteiger partial charge in [0.2, 0.25) is 0 Å². The van der Waals surface area contributed by atoms with Crippen LogP contribution in [0.2, 0.25) is 0 Å². The lowest BCUT2D eigenvalue weighted by Gasteiger charge is -2.04. The van der Waals surface area contributed by atoms with Gasteiger partial charge in [-0.25, -0.2) is 4.31 Å². The van der Waals surface area contributed by atoms with Crippen molar-refractivity contribution in [2.75, 3.05) is 14.2 Å². The second-order valence-corrected chi connectivity index (χ2v) is 4.50. The van der Waals surface area contributed by atoms with Crippen molar-refractivity contribution in [3.05, 3.63) is 0 Å². The quantitative estimate of drug-likeness (QED) is 0.558. The number of carbonyl (C=O) groups is 2. The molecule has 1 fully saturated rings. The van der Waals surface area contributed by atoms with Crippen molar-refractivity contribution < 1.29 is 22.7 Å². The third kappa shape index (κ3) is 1.85. The number of rotatable bonds is 2. The highest BCUT2D eigenvalue weighted by atomic mass is 32.2. The van der Waals surface area contributed by atoms with Crippen LogP contribution in [0.4, 0.5) is 0 Å². The van der Waals surface area contributed by atoms with Gasteiger partial charge in [0.1, 0.15) is 6.04 Å². The number of nitrogens with zero attached hydrogens (tertiary/aromatic N) is 1. The Morgan fingerprint density at radius 2 is 2.21 bits per heavy atom. The number of amides is 1. The third-order valence-electron chi connectivity index (χ3n) is 1.86. The fourth-order valence-corrected chi connectivity index (χ4v) is 2.09. The molecule has 1 aliphatic rings. The highest BCUT2D eigenvalue weighted by Crippen LogP contribution is 2.12. The second-order valence-electron chi connectivity index (χ2n) is 2.76. The normalized spacial score (nSPS) is 25.1. The molecule has 1 N–H and O–H groups in total. The van der Waals surface area contributed by atoms with Gasteiger partial charge in [-0.15, -0.1) is 0 Å². The van der Waals surface area contributed by atoms with Gasteiger partial charge in [0.05, 0.1) is 13.5 Å². The zero-order valence-electron chi connectivity index (χ0n) is 7.68. The summed E-state index contributed by atoms with van der Waals surface area (Å²) in [5.74, 6) is -1.29. The summed E-state index contributed by atoms with van der Waals surface area (Å²) in [7, 11) is -1.46. The highest BCUT2D eigenvalue weighted by Gasteiger charge is 2.41. The number of nitrogens with one attached hydrogen (secondary N) is 1. The number of likely N-dealkylation sites (N-methyl/N-ethyl adjacent to an activating group) is 1. The molecule has 1 saturated heterocycles. The van der Waals surface area contributed by atoms with Gasteiger partial charge in [-0.3, -0.25) is 9.59 Å². The van der Waals surface area contributed by atoms with E-state index in [1.165, 1.54) is 7.11 Å². The Morgan fingerprint density at radius 3 is 2.57 bits per heavy atom. The molecule has 1 rings (SSSR count). The maximum absolute atomic E-state index is 11.2. The summed E-state index contributed by atoms with van der Waals surface area (Å²) in [5, 5.41) is 0. The van der Waals surface area contributed by atoms with Crippen molar-refractivity contribution >= 4 is 22.1 Å². The summed E-state index contributed by atoms with van der Waals surface area (Å²) in [5.41, 5.74) is 0. The number of ether oxygens (including phenoxy) is 1. The molecule has 0 spiro atoms.